The van der Waals surface area contributed by atoms with E-state index in [2.05, 4.69) is 5.32 Å². The lowest BCUT2D eigenvalue weighted by Gasteiger charge is -2.44. The molecule has 88 valence electrons. The molecule has 1 atom stereocenters. The van der Waals surface area contributed by atoms with Gasteiger partial charge in [0, 0.05) is 24.7 Å². The van der Waals surface area contributed by atoms with E-state index in [0.717, 1.165) is 0 Å². The molecule has 3 nitrogen and oxygen atoms in total. The van der Waals surface area contributed by atoms with Crippen LogP contribution in [-0.2, 0) is 4.79 Å². The van der Waals surface area contributed by atoms with Crippen LogP contribution in [0.25, 0.3) is 0 Å². The van der Waals surface area contributed by atoms with Crippen molar-refractivity contribution in [3.05, 3.63) is 0 Å². The van der Waals surface area contributed by atoms with Crippen molar-refractivity contribution >= 4 is 40.7 Å². The molecule has 0 spiro atoms. The molecular weight excluding hydrogens is 258 g/mol. The maximum absolute atomic E-state index is 11.8. The third-order valence-electron chi connectivity index (χ3n) is 2.48. The van der Waals surface area contributed by atoms with Crippen LogP contribution in [0, 0.1) is 0 Å². The van der Waals surface area contributed by atoms with Gasteiger partial charge in [0.2, 0.25) is 0 Å². The van der Waals surface area contributed by atoms with E-state index >= 15 is 0 Å². The molecule has 0 aromatic rings. The van der Waals surface area contributed by atoms with Crippen molar-refractivity contribution < 1.29 is 4.79 Å². The number of alkyl halides is 3. The summed E-state index contributed by atoms with van der Waals surface area (Å²) >= 11 is 16.8. The van der Waals surface area contributed by atoms with Gasteiger partial charge in [0.05, 0.1) is 0 Å². The van der Waals surface area contributed by atoms with E-state index in [9.17, 15) is 4.79 Å². The second-order valence-corrected chi connectivity index (χ2v) is 6.83. The topological polar surface area (TPSA) is 32.3 Å². The van der Waals surface area contributed by atoms with E-state index in [1.807, 2.05) is 20.8 Å². The molecule has 1 aliphatic heterocycles. The molecule has 1 unspecified atom stereocenters. The summed E-state index contributed by atoms with van der Waals surface area (Å²) in [5.74, 6) is -0.449. The Hall–Kier alpha value is 0.300. The minimum atomic E-state index is -1.86. The van der Waals surface area contributed by atoms with Gasteiger partial charge in [0.1, 0.15) is 0 Å². The zero-order valence-corrected chi connectivity index (χ0v) is 11.2. The molecule has 1 N–H and O–H groups in total. The molecular formula is C9H15Cl3N2O. The first-order valence-corrected chi connectivity index (χ1v) is 5.90. The lowest BCUT2D eigenvalue weighted by atomic mass is 9.99. The van der Waals surface area contributed by atoms with Gasteiger partial charge < -0.3 is 10.2 Å². The molecule has 1 amide bonds. The highest BCUT2D eigenvalue weighted by Crippen LogP contribution is 2.30. The number of amides is 1. The Kier molecular flexibility index (Phi) is 3.82. The Balaban J connectivity index is 2.79. The van der Waals surface area contributed by atoms with Gasteiger partial charge in [0.25, 0.3) is 9.70 Å². The van der Waals surface area contributed by atoms with Gasteiger partial charge in [0.15, 0.2) is 0 Å². The molecule has 0 aromatic heterocycles. The fraction of sp³-hybridized carbons (Fsp3) is 0.889. The van der Waals surface area contributed by atoms with Crippen LogP contribution in [-0.4, -0.2) is 39.3 Å². The molecule has 1 saturated heterocycles. The van der Waals surface area contributed by atoms with Crippen LogP contribution in [0.1, 0.15) is 20.8 Å². The number of carbonyl (C=O) groups excluding carboxylic acids is 1. The molecule has 6 heteroatoms. The summed E-state index contributed by atoms with van der Waals surface area (Å²) < 4.78 is -1.86. The monoisotopic (exact) mass is 272 g/mol. The second-order valence-electron chi connectivity index (χ2n) is 4.54. The summed E-state index contributed by atoms with van der Waals surface area (Å²) in [5.41, 5.74) is -0.141. The van der Waals surface area contributed by atoms with Crippen LogP contribution in [0.15, 0.2) is 0 Å². The van der Waals surface area contributed by atoms with E-state index in [1.54, 1.807) is 4.90 Å². The van der Waals surface area contributed by atoms with E-state index in [1.165, 1.54) is 0 Å². The van der Waals surface area contributed by atoms with Crippen molar-refractivity contribution in [2.75, 3.05) is 13.1 Å². The van der Waals surface area contributed by atoms with Gasteiger partial charge >= 0.3 is 0 Å². The first kappa shape index (κ1) is 13.4. The van der Waals surface area contributed by atoms with Crippen molar-refractivity contribution in [2.24, 2.45) is 0 Å². The molecule has 0 saturated carbocycles. The molecule has 1 fully saturated rings. The van der Waals surface area contributed by atoms with E-state index < -0.39 is 9.70 Å². The fourth-order valence-corrected chi connectivity index (χ4v) is 1.93. The zero-order valence-electron chi connectivity index (χ0n) is 8.98. The number of nitrogens with zero attached hydrogens (tertiary/aromatic N) is 1. The first-order valence-electron chi connectivity index (χ1n) is 4.76. The molecule has 0 aromatic carbocycles. The van der Waals surface area contributed by atoms with Gasteiger partial charge in [-0.05, 0) is 20.8 Å². The smallest absolute Gasteiger partial charge is 0.275 e. The van der Waals surface area contributed by atoms with E-state index in [4.69, 9.17) is 34.8 Å². The van der Waals surface area contributed by atoms with Gasteiger partial charge in [-0.2, -0.15) is 0 Å². The quantitative estimate of drug-likeness (QED) is 0.684. The van der Waals surface area contributed by atoms with Crippen LogP contribution >= 0.6 is 34.8 Å². The summed E-state index contributed by atoms with van der Waals surface area (Å²) in [5, 5.41) is 3.32. The van der Waals surface area contributed by atoms with Gasteiger partial charge in [-0.15, -0.1) is 0 Å². The van der Waals surface area contributed by atoms with Crippen LogP contribution < -0.4 is 5.32 Å². The van der Waals surface area contributed by atoms with Crippen LogP contribution in [0.2, 0.25) is 0 Å². The van der Waals surface area contributed by atoms with Crippen LogP contribution in [0.4, 0.5) is 0 Å². The molecule has 1 rings (SSSR count). The van der Waals surface area contributed by atoms with E-state index in [-0.39, 0.29) is 11.6 Å². The SMILES string of the molecule is CC1CNC(C)(C)CN1C(=O)C(Cl)(Cl)Cl. The first-order chi connectivity index (χ1) is 6.63. The Morgan fingerprint density at radius 2 is 2.00 bits per heavy atom. The van der Waals surface area contributed by atoms with Crippen molar-refractivity contribution in [1.82, 2.24) is 10.2 Å². The number of carbonyl (C=O) groups is 1. The summed E-state index contributed by atoms with van der Waals surface area (Å²) in [6.45, 7) is 7.20. The Morgan fingerprint density at radius 1 is 1.47 bits per heavy atom. The molecule has 0 aliphatic carbocycles. The highest BCUT2D eigenvalue weighted by Gasteiger charge is 2.41. The standard InChI is InChI=1S/C9H15Cl3N2O/c1-6-4-13-8(2,3)5-14(6)7(15)9(10,11)12/h6,13H,4-5H2,1-3H3. The normalized spacial score (nSPS) is 26.5. The fourth-order valence-electron chi connectivity index (χ4n) is 1.61. The average molecular weight is 274 g/mol. The summed E-state index contributed by atoms with van der Waals surface area (Å²) in [4.78, 5) is 13.4. The summed E-state index contributed by atoms with van der Waals surface area (Å²) in [6.07, 6.45) is 0. The third kappa shape index (κ3) is 3.38. The molecule has 15 heavy (non-hydrogen) atoms. The van der Waals surface area contributed by atoms with Gasteiger partial charge in [-0.1, -0.05) is 34.8 Å². The molecule has 1 heterocycles. The minimum Gasteiger partial charge on any atom is -0.333 e. The highest BCUT2D eigenvalue weighted by molar-refractivity contribution is 6.76. The maximum Gasteiger partial charge on any atom is 0.275 e. The molecule has 0 radical (unpaired) electrons. The van der Waals surface area contributed by atoms with Crippen molar-refractivity contribution in [3.63, 3.8) is 0 Å². The summed E-state index contributed by atoms with van der Waals surface area (Å²) in [7, 11) is 0. The molecule has 0 bridgehead atoms. The van der Waals surface area contributed by atoms with E-state index in [0.29, 0.717) is 13.1 Å². The Labute approximate surface area is 105 Å². The predicted molar refractivity (Wildman–Crippen MR) is 63.5 cm³/mol. The zero-order chi connectivity index (χ0) is 11.9. The van der Waals surface area contributed by atoms with Crippen molar-refractivity contribution in [2.45, 2.75) is 36.1 Å². The predicted octanol–water partition coefficient (Wildman–Crippen LogP) is 1.96. The number of hydrogen-bond donors (Lipinski definition) is 1. The lowest BCUT2D eigenvalue weighted by molar-refractivity contribution is -0.134. The summed E-state index contributed by atoms with van der Waals surface area (Å²) in [6, 6.07) is 0.0427. The Morgan fingerprint density at radius 3 is 2.47 bits per heavy atom. The number of rotatable bonds is 0. The highest BCUT2D eigenvalue weighted by atomic mass is 35.6. The van der Waals surface area contributed by atoms with Crippen LogP contribution in [0.5, 0.6) is 0 Å². The van der Waals surface area contributed by atoms with Gasteiger partial charge in [-0.3, -0.25) is 4.79 Å². The lowest BCUT2D eigenvalue weighted by Crippen LogP contribution is -2.63. The van der Waals surface area contributed by atoms with Gasteiger partial charge in [-0.25, -0.2) is 0 Å². The van der Waals surface area contributed by atoms with Crippen LogP contribution in [0.3, 0.4) is 0 Å². The number of hydrogen-bond acceptors (Lipinski definition) is 2. The Bertz CT molecular complexity index is 263. The maximum atomic E-state index is 11.8. The number of nitrogens with one attached hydrogen (secondary N) is 1. The second kappa shape index (κ2) is 4.28. The largest absolute Gasteiger partial charge is 0.333 e. The average Bonchev–Trinajstić information content (AvgIpc) is 2.06. The minimum absolute atomic E-state index is 0.0427. The van der Waals surface area contributed by atoms with Crippen molar-refractivity contribution in [3.8, 4) is 0 Å². The third-order valence-corrected chi connectivity index (χ3v) is 2.96. The van der Waals surface area contributed by atoms with Crippen molar-refractivity contribution in [1.29, 1.82) is 0 Å². The molecule has 1 aliphatic rings. The number of piperazine rings is 1. The number of halogens is 3.